The van der Waals surface area contributed by atoms with Crippen LogP contribution in [0.25, 0.3) is 0 Å². The van der Waals surface area contributed by atoms with Gasteiger partial charge in [-0.1, -0.05) is 39.8 Å². The predicted octanol–water partition coefficient (Wildman–Crippen LogP) is 5.18. The molecule has 134 valence electrons. The first-order valence-corrected chi connectivity index (χ1v) is 9.46. The number of hydrogen-bond acceptors (Lipinski definition) is 5. The second kappa shape index (κ2) is 7.33. The summed E-state index contributed by atoms with van der Waals surface area (Å²) < 4.78 is 32.2. The number of anilines is 1. The van der Waals surface area contributed by atoms with Crippen LogP contribution in [-0.4, -0.2) is 13.0 Å². The Hall–Kier alpha value is -2.25. The van der Waals surface area contributed by atoms with E-state index in [0.29, 0.717) is 5.69 Å². The third-order valence-electron chi connectivity index (χ3n) is 3.89. The van der Waals surface area contributed by atoms with Crippen molar-refractivity contribution in [2.75, 3.05) is 5.73 Å². The highest BCUT2D eigenvalue weighted by molar-refractivity contribution is 7.86. The van der Waals surface area contributed by atoms with E-state index in [1.165, 1.54) is 18.2 Å². The van der Waals surface area contributed by atoms with Crippen LogP contribution >= 0.6 is 0 Å². The average Bonchev–Trinajstić information content (AvgIpc) is 2.52. The Morgan fingerprint density at radius 3 is 1.96 bits per heavy atom. The van der Waals surface area contributed by atoms with E-state index >= 15 is 0 Å². The minimum atomic E-state index is -4.36. The maximum Gasteiger partial charge on any atom is 0.296 e. The zero-order chi connectivity index (χ0) is 18.8. The molecule has 0 aliphatic heterocycles. The molecule has 0 bridgehead atoms. The van der Waals surface area contributed by atoms with Gasteiger partial charge in [0.1, 0.15) is 10.6 Å². The third kappa shape index (κ3) is 4.43. The summed E-state index contributed by atoms with van der Waals surface area (Å²) >= 11 is 0. The van der Waals surface area contributed by atoms with E-state index in [0.717, 1.165) is 16.8 Å². The quantitative estimate of drug-likeness (QED) is 0.435. The molecule has 0 atom stereocenters. The van der Waals surface area contributed by atoms with Crippen LogP contribution in [0.1, 0.15) is 50.7 Å². The molecule has 0 aliphatic rings. The van der Waals surface area contributed by atoms with Crippen molar-refractivity contribution in [3.8, 4) is 0 Å². The molecule has 2 aromatic carbocycles. The number of azo groups is 1. The van der Waals surface area contributed by atoms with Gasteiger partial charge < -0.3 is 5.73 Å². The highest BCUT2D eigenvalue weighted by Crippen LogP contribution is 2.35. The number of nitrogens with zero attached hydrogens (tertiary/aromatic N) is 2. The Balaban J connectivity index is 2.53. The Morgan fingerprint density at radius 2 is 1.48 bits per heavy atom. The monoisotopic (exact) mass is 361 g/mol. The second-order valence-electron chi connectivity index (χ2n) is 6.49. The van der Waals surface area contributed by atoms with Gasteiger partial charge in [0.2, 0.25) is 0 Å². The van der Waals surface area contributed by atoms with Crippen molar-refractivity contribution < 1.29 is 13.0 Å². The molecule has 0 radical (unpaired) electrons. The van der Waals surface area contributed by atoms with Crippen LogP contribution in [0, 0.1) is 0 Å². The van der Waals surface area contributed by atoms with Gasteiger partial charge in [-0.05, 0) is 47.2 Å². The standard InChI is InChI=1S/C18H23N3O3S/c1-11(2)14-9-13(10-15(12(3)4)18(14)19)20-21-16-7-5-6-8-17(16)25(22,23)24/h5-12H,19H2,1-4H3,(H,22,23,24). The van der Waals surface area contributed by atoms with Crippen molar-refractivity contribution in [3.63, 3.8) is 0 Å². The lowest BCUT2D eigenvalue weighted by atomic mass is 9.92. The molecule has 3 N–H and O–H groups in total. The summed E-state index contributed by atoms with van der Waals surface area (Å²) in [6.45, 7) is 8.18. The summed E-state index contributed by atoms with van der Waals surface area (Å²) in [6.07, 6.45) is 0. The van der Waals surface area contributed by atoms with Gasteiger partial charge in [-0.3, -0.25) is 4.55 Å². The molecule has 0 fully saturated rings. The highest BCUT2D eigenvalue weighted by Gasteiger charge is 2.16. The molecule has 0 aliphatic carbocycles. The van der Waals surface area contributed by atoms with E-state index in [4.69, 9.17) is 5.73 Å². The van der Waals surface area contributed by atoms with Gasteiger partial charge in [0.05, 0.1) is 5.69 Å². The number of hydrogen-bond donors (Lipinski definition) is 2. The van der Waals surface area contributed by atoms with Gasteiger partial charge in [0.15, 0.2) is 0 Å². The summed E-state index contributed by atoms with van der Waals surface area (Å²) in [5, 5.41) is 8.19. The first-order valence-electron chi connectivity index (χ1n) is 8.02. The first-order chi connectivity index (χ1) is 11.6. The van der Waals surface area contributed by atoms with Crippen molar-refractivity contribution in [3.05, 3.63) is 47.5 Å². The number of benzene rings is 2. The smallest absolute Gasteiger partial charge is 0.296 e. The summed E-state index contributed by atoms with van der Waals surface area (Å²) in [7, 11) is -4.36. The van der Waals surface area contributed by atoms with Crippen LogP contribution in [0.4, 0.5) is 17.1 Å². The molecule has 6 nitrogen and oxygen atoms in total. The zero-order valence-electron chi connectivity index (χ0n) is 14.8. The van der Waals surface area contributed by atoms with Gasteiger partial charge >= 0.3 is 0 Å². The summed E-state index contributed by atoms with van der Waals surface area (Å²) in [5.41, 5.74) is 9.63. The van der Waals surface area contributed by atoms with Crippen molar-refractivity contribution in [1.82, 2.24) is 0 Å². The van der Waals surface area contributed by atoms with E-state index < -0.39 is 10.1 Å². The Morgan fingerprint density at radius 1 is 0.960 bits per heavy atom. The van der Waals surface area contributed by atoms with Gasteiger partial charge in [-0.25, -0.2) is 0 Å². The van der Waals surface area contributed by atoms with Crippen LogP contribution in [0.15, 0.2) is 51.5 Å². The maximum absolute atomic E-state index is 11.4. The van der Waals surface area contributed by atoms with E-state index in [2.05, 4.69) is 10.2 Å². The lowest BCUT2D eigenvalue weighted by Crippen LogP contribution is -2.02. The van der Waals surface area contributed by atoms with Crippen molar-refractivity contribution in [1.29, 1.82) is 0 Å². The fraction of sp³-hybridized carbons (Fsp3) is 0.333. The molecule has 25 heavy (non-hydrogen) atoms. The lowest BCUT2D eigenvalue weighted by Gasteiger charge is -2.17. The van der Waals surface area contributed by atoms with Crippen LogP contribution in [0.3, 0.4) is 0 Å². The minimum absolute atomic E-state index is 0.0824. The van der Waals surface area contributed by atoms with Crippen LogP contribution in [0.2, 0.25) is 0 Å². The number of nitrogen functional groups attached to an aromatic ring is 1. The predicted molar refractivity (Wildman–Crippen MR) is 99.5 cm³/mol. The normalized spacial score (nSPS) is 12.4. The molecule has 0 saturated carbocycles. The highest BCUT2D eigenvalue weighted by atomic mass is 32.2. The molecule has 0 saturated heterocycles. The van der Waals surface area contributed by atoms with E-state index in [1.807, 2.05) is 39.8 Å². The largest absolute Gasteiger partial charge is 0.398 e. The van der Waals surface area contributed by atoms with Crippen LogP contribution < -0.4 is 5.73 Å². The first kappa shape index (κ1) is 19.1. The molecule has 0 spiro atoms. The van der Waals surface area contributed by atoms with E-state index in [1.54, 1.807) is 6.07 Å². The van der Waals surface area contributed by atoms with E-state index in [9.17, 15) is 13.0 Å². The maximum atomic E-state index is 11.4. The lowest BCUT2D eigenvalue weighted by molar-refractivity contribution is 0.483. The summed E-state index contributed by atoms with van der Waals surface area (Å²) in [5.74, 6) is 0.440. The van der Waals surface area contributed by atoms with E-state index in [-0.39, 0.29) is 22.4 Å². The van der Waals surface area contributed by atoms with Gasteiger partial charge in [0.25, 0.3) is 10.1 Å². The Kier molecular flexibility index (Phi) is 5.59. The molecule has 7 heteroatoms. The third-order valence-corrected chi connectivity index (χ3v) is 4.79. The van der Waals surface area contributed by atoms with Crippen LogP contribution in [0.5, 0.6) is 0 Å². The van der Waals surface area contributed by atoms with Crippen molar-refractivity contribution in [2.24, 2.45) is 10.2 Å². The van der Waals surface area contributed by atoms with Gasteiger partial charge in [0, 0.05) is 5.69 Å². The SMILES string of the molecule is CC(C)c1cc(N=Nc2ccccc2S(=O)(=O)O)cc(C(C)C)c1N. The molecule has 2 aromatic rings. The molecule has 2 rings (SSSR count). The summed E-state index contributed by atoms with van der Waals surface area (Å²) in [4.78, 5) is -0.276. The molecule has 0 heterocycles. The van der Waals surface area contributed by atoms with Crippen molar-refractivity contribution in [2.45, 2.75) is 44.4 Å². The summed E-state index contributed by atoms with van der Waals surface area (Å²) in [6, 6.07) is 9.61. The van der Waals surface area contributed by atoms with Crippen LogP contribution in [-0.2, 0) is 10.1 Å². The number of rotatable bonds is 5. The van der Waals surface area contributed by atoms with Crippen molar-refractivity contribution >= 4 is 27.2 Å². The Bertz CT molecular complexity index is 875. The zero-order valence-corrected chi connectivity index (χ0v) is 15.6. The van der Waals surface area contributed by atoms with Gasteiger partial charge in [-0.15, -0.1) is 5.11 Å². The fourth-order valence-corrected chi connectivity index (χ4v) is 3.19. The topological polar surface area (TPSA) is 105 Å². The molecule has 0 aromatic heterocycles. The molecular weight excluding hydrogens is 338 g/mol. The number of nitrogens with two attached hydrogens (primary N) is 1. The molecule has 0 amide bonds. The Labute approximate surface area is 148 Å². The van der Waals surface area contributed by atoms with Gasteiger partial charge in [-0.2, -0.15) is 13.5 Å². The second-order valence-corrected chi connectivity index (χ2v) is 7.88. The average molecular weight is 361 g/mol. The molecular formula is C18H23N3O3S. The minimum Gasteiger partial charge on any atom is -0.398 e. The molecule has 0 unspecified atom stereocenters. The fourth-order valence-electron chi connectivity index (χ4n) is 2.57.